The number of fused-ring (bicyclic) bond motifs is 1. The lowest BCUT2D eigenvalue weighted by molar-refractivity contribution is 0.508. The minimum absolute atomic E-state index is 0.292. The van der Waals surface area contributed by atoms with Crippen LogP contribution >= 0.6 is 0 Å². The smallest absolute Gasteiger partial charge is 0.226 e. The molecule has 2 aromatic heterocycles. The molecule has 0 bridgehead atoms. The number of benzene rings is 1. The van der Waals surface area contributed by atoms with E-state index in [-0.39, 0.29) is 0 Å². The van der Waals surface area contributed by atoms with Crippen LogP contribution in [0.5, 0.6) is 0 Å². The first kappa shape index (κ1) is 19.3. The van der Waals surface area contributed by atoms with Crippen LogP contribution in [0.2, 0.25) is 0 Å². The molecular weight excluding hydrogens is 386 g/mol. The zero-order valence-corrected chi connectivity index (χ0v) is 17.7. The van der Waals surface area contributed by atoms with Gasteiger partial charge in [-0.15, -0.1) is 0 Å². The zero-order valence-electron chi connectivity index (χ0n) is 17.7. The van der Waals surface area contributed by atoms with Gasteiger partial charge in [0.1, 0.15) is 11.5 Å². The SMILES string of the molecule is CC1=NC=CC(NC2=Cc3nc(-c4ccc(Nc5ccnc(C)c5)cc4)oc3CC2)C1. The number of hydrogen-bond acceptors (Lipinski definition) is 6. The Morgan fingerprint density at radius 1 is 1.03 bits per heavy atom. The van der Waals surface area contributed by atoms with E-state index in [1.807, 2.05) is 49.5 Å². The summed E-state index contributed by atoms with van der Waals surface area (Å²) in [5, 5.41) is 7.01. The molecule has 3 aromatic rings. The lowest BCUT2D eigenvalue weighted by Gasteiger charge is -2.22. The van der Waals surface area contributed by atoms with Gasteiger partial charge in [0, 0.05) is 59.3 Å². The van der Waals surface area contributed by atoms with Crippen LogP contribution in [0.4, 0.5) is 11.4 Å². The Morgan fingerprint density at radius 3 is 2.71 bits per heavy atom. The predicted molar refractivity (Wildman–Crippen MR) is 124 cm³/mol. The van der Waals surface area contributed by atoms with E-state index in [0.717, 1.165) is 59.1 Å². The molecule has 1 aliphatic carbocycles. The fourth-order valence-electron chi connectivity index (χ4n) is 3.91. The average Bonchev–Trinajstić information content (AvgIpc) is 3.18. The van der Waals surface area contributed by atoms with Crippen LogP contribution in [-0.2, 0) is 6.42 Å². The van der Waals surface area contributed by atoms with E-state index in [1.54, 1.807) is 6.20 Å². The van der Waals surface area contributed by atoms with Crippen molar-refractivity contribution >= 4 is 23.2 Å². The number of nitrogens with one attached hydrogen (secondary N) is 2. The van der Waals surface area contributed by atoms with Crippen molar-refractivity contribution in [2.45, 2.75) is 39.2 Å². The summed E-state index contributed by atoms with van der Waals surface area (Å²) >= 11 is 0. The minimum atomic E-state index is 0.292. The summed E-state index contributed by atoms with van der Waals surface area (Å²) in [6, 6.07) is 12.4. The second kappa shape index (κ2) is 8.22. The average molecular weight is 412 g/mol. The van der Waals surface area contributed by atoms with Gasteiger partial charge in [-0.1, -0.05) is 0 Å². The summed E-state index contributed by atoms with van der Waals surface area (Å²) in [7, 11) is 0. The molecule has 5 rings (SSSR count). The highest BCUT2D eigenvalue weighted by Gasteiger charge is 2.20. The molecule has 2 aliphatic rings. The molecule has 31 heavy (non-hydrogen) atoms. The van der Waals surface area contributed by atoms with Crippen LogP contribution in [0.3, 0.4) is 0 Å². The zero-order chi connectivity index (χ0) is 21.2. The van der Waals surface area contributed by atoms with Crippen molar-refractivity contribution in [3.8, 4) is 11.5 Å². The summed E-state index contributed by atoms with van der Waals surface area (Å²) in [6.07, 6.45) is 10.6. The maximum Gasteiger partial charge on any atom is 0.226 e. The molecular formula is C25H25N5O. The largest absolute Gasteiger partial charge is 0.441 e. The third-order valence-electron chi connectivity index (χ3n) is 5.48. The van der Waals surface area contributed by atoms with Gasteiger partial charge >= 0.3 is 0 Å². The highest BCUT2D eigenvalue weighted by Crippen LogP contribution is 2.29. The van der Waals surface area contributed by atoms with Crippen molar-refractivity contribution in [1.29, 1.82) is 0 Å². The van der Waals surface area contributed by atoms with E-state index in [0.29, 0.717) is 11.9 Å². The van der Waals surface area contributed by atoms with Gasteiger partial charge in [-0.05, 0) is 68.8 Å². The van der Waals surface area contributed by atoms with Crippen molar-refractivity contribution in [3.05, 3.63) is 77.7 Å². The molecule has 2 N–H and O–H groups in total. The monoisotopic (exact) mass is 411 g/mol. The summed E-state index contributed by atoms with van der Waals surface area (Å²) in [5.74, 6) is 1.61. The van der Waals surface area contributed by atoms with Gasteiger partial charge in [-0.3, -0.25) is 9.98 Å². The number of aliphatic imine (C=N–C) groups is 1. The van der Waals surface area contributed by atoms with Crippen LogP contribution in [0.25, 0.3) is 17.5 Å². The van der Waals surface area contributed by atoms with Crippen molar-refractivity contribution in [3.63, 3.8) is 0 Å². The predicted octanol–water partition coefficient (Wildman–Crippen LogP) is 5.41. The fraction of sp³-hybridized carbons (Fsp3) is 0.240. The van der Waals surface area contributed by atoms with E-state index < -0.39 is 0 Å². The number of oxazole rings is 1. The maximum atomic E-state index is 6.08. The maximum absolute atomic E-state index is 6.08. The number of anilines is 2. The summed E-state index contributed by atoms with van der Waals surface area (Å²) < 4.78 is 6.08. The minimum Gasteiger partial charge on any atom is -0.441 e. The molecule has 6 heteroatoms. The quantitative estimate of drug-likeness (QED) is 0.587. The molecule has 0 saturated carbocycles. The molecule has 1 aliphatic heterocycles. The van der Waals surface area contributed by atoms with Gasteiger partial charge in [0.05, 0.1) is 6.04 Å². The lowest BCUT2D eigenvalue weighted by atomic mass is 10.0. The number of rotatable bonds is 5. The number of aromatic nitrogens is 2. The van der Waals surface area contributed by atoms with E-state index in [2.05, 4.69) is 39.7 Å². The number of hydrogen-bond donors (Lipinski definition) is 2. The van der Waals surface area contributed by atoms with E-state index >= 15 is 0 Å². The normalized spacial score (nSPS) is 17.5. The number of allylic oxidation sites excluding steroid dienone is 1. The van der Waals surface area contributed by atoms with Crippen LogP contribution in [0, 0.1) is 6.92 Å². The Morgan fingerprint density at radius 2 is 1.90 bits per heavy atom. The first-order valence-corrected chi connectivity index (χ1v) is 10.6. The summed E-state index contributed by atoms with van der Waals surface area (Å²) in [5.41, 5.74) is 7.25. The summed E-state index contributed by atoms with van der Waals surface area (Å²) in [6.45, 7) is 4.05. The van der Waals surface area contributed by atoms with Crippen molar-refractivity contribution < 1.29 is 4.42 Å². The van der Waals surface area contributed by atoms with Crippen molar-refractivity contribution in [2.75, 3.05) is 5.32 Å². The van der Waals surface area contributed by atoms with Crippen LogP contribution in [0.15, 0.2) is 70.0 Å². The summed E-state index contributed by atoms with van der Waals surface area (Å²) in [4.78, 5) is 13.3. The molecule has 1 aromatic carbocycles. The molecule has 3 heterocycles. The molecule has 0 radical (unpaired) electrons. The van der Waals surface area contributed by atoms with Gasteiger partial charge in [-0.25, -0.2) is 4.98 Å². The number of nitrogens with zero attached hydrogens (tertiary/aromatic N) is 3. The van der Waals surface area contributed by atoms with Gasteiger partial charge in [-0.2, -0.15) is 0 Å². The Bertz CT molecular complexity index is 1190. The third kappa shape index (κ3) is 4.43. The first-order chi connectivity index (χ1) is 15.1. The van der Waals surface area contributed by atoms with Crippen molar-refractivity contribution in [1.82, 2.24) is 15.3 Å². The Kier molecular flexibility index (Phi) is 5.12. The Hall–Kier alpha value is -3.67. The Balaban J connectivity index is 1.29. The van der Waals surface area contributed by atoms with E-state index in [4.69, 9.17) is 9.40 Å². The molecule has 1 unspecified atom stereocenters. The van der Waals surface area contributed by atoms with Crippen molar-refractivity contribution in [2.24, 2.45) is 4.99 Å². The van der Waals surface area contributed by atoms with E-state index in [1.165, 1.54) is 5.70 Å². The molecule has 0 spiro atoms. The van der Waals surface area contributed by atoms with Crippen LogP contribution in [0.1, 0.15) is 36.9 Å². The topological polar surface area (TPSA) is 75.3 Å². The third-order valence-corrected chi connectivity index (χ3v) is 5.48. The molecule has 1 atom stereocenters. The van der Waals surface area contributed by atoms with Gasteiger partial charge in [0.2, 0.25) is 5.89 Å². The first-order valence-electron chi connectivity index (χ1n) is 10.6. The van der Waals surface area contributed by atoms with Crippen LogP contribution in [-0.4, -0.2) is 21.7 Å². The lowest BCUT2D eigenvalue weighted by Crippen LogP contribution is -2.30. The molecule has 0 saturated heterocycles. The van der Waals surface area contributed by atoms with Gasteiger partial charge in [0.15, 0.2) is 0 Å². The second-order valence-electron chi connectivity index (χ2n) is 8.05. The molecule has 0 fully saturated rings. The molecule has 6 nitrogen and oxygen atoms in total. The Labute approximate surface area is 181 Å². The van der Waals surface area contributed by atoms with Crippen LogP contribution < -0.4 is 10.6 Å². The molecule has 0 amide bonds. The number of pyridine rings is 1. The van der Waals surface area contributed by atoms with Gasteiger partial charge in [0.25, 0.3) is 0 Å². The highest BCUT2D eigenvalue weighted by atomic mass is 16.4. The fourth-order valence-corrected chi connectivity index (χ4v) is 3.91. The van der Waals surface area contributed by atoms with Gasteiger partial charge < -0.3 is 15.1 Å². The number of aryl methyl sites for hydroxylation is 2. The highest BCUT2D eigenvalue weighted by molar-refractivity contribution is 5.84. The second-order valence-corrected chi connectivity index (χ2v) is 8.05. The van der Waals surface area contributed by atoms with E-state index in [9.17, 15) is 0 Å². The standard InChI is InChI=1S/C25H25N5O/c1-16-13-21(9-11-26-16)28-19-5-3-18(4-6-19)25-30-23-15-20(7-8-24(23)31-25)29-22-10-12-27-17(2)14-22/h3-6,9-13,15,22,29H,7-8,14H2,1-2H3,(H,26,28). The molecule has 156 valence electrons.